The number of rotatable bonds is 4. The highest BCUT2D eigenvalue weighted by atomic mass is 32.2. The van der Waals surface area contributed by atoms with E-state index in [9.17, 15) is 14.0 Å². The maximum absolute atomic E-state index is 15.3. The Bertz CT molecular complexity index is 1020. The zero-order valence-corrected chi connectivity index (χ0v) is 16.1. The Labute approximate surface area is 164 Å². The van der Waals surface area contributed by atoms with Gasteiger partial charge in [0, 0.05) is 15.4 Å². The van der Waals surface area contributed by atoms with Crippen molar-refractivity contribution in [1.29, 1.82) is 5.26 Å². The summed E-state index contributed by atoms with van der Waals surface area (Å²) in [5, 5.41) is 9.31. The van der Waals surface area contributed by atoms with Gasteiger partial charge in [0.25, 0.3) is 0 Å². The molecule has 0 amide bonds. The molecule has 136 valence electrons. The van der Waals surface area contributed by atoms with E-state index >= 15 is 4.39 Å². The van der Waals surface area contributed by atoms with Crippen molar-refractivity contribution in [2.45, 2.75) is 9.79 Å². The van der Waals surface area contributed by atoms with E-state index in [4.69, 9.17) is 0 Å². The summed E-state index contributed by atoms with van der Waals surface area (Å²) in [7, 11) is 0. The van der Waals surface area contributed by atoms with Crippen molar-refractivity contribution in [3.63, 3.8) is 0 Å². The fraction of sp³-hybridized carbons (Fsp3) is 0.0952. The molecule has 0 saturated heterocycles. The molecule has 0 bridgehead atoms. The van der Waals surface area contributed by atoms with Crippen LogP contribution in [0, 0.1) is 28.8 Å². The van der Waals surface area contributed by atoms with Crippen molar-refractivity contribution in [1.82, 2.24) is 0 Å². The van der Waals surface area contributed by atoms with E-state index in [1.807, 2.05) is 12.5 Å². The minimum Gasteiger partial charge on any atom is -0.205 e. The van der Waals surface area contributed by atoms with Gasteiger partial charge in [0.2, 0.25) is 0 Å². The molecule has 1 nitrogen and oxygen atoms in total. The third-order valence-electron chi connectivity index (χ3n) is 4.19. The molecule has 27 heavy (non-hydrogen) atoms. The van der Waals surface area contributed by atoms with E-state index in [1.54, 1.807) is 54.6 Å². The van der Waals surface area contributed by atoms with Crippen LogP contribution >= 0.6 is 23.5 Å². The molecule has 6 heteroatoms. The molecular formula is C21H14F3NS2. The van der Waals surface area contributed by atoms with Crippen molar-refractivity contribution in [3.05, 3.63) is 71.5 Å². The number of hydrogen-bond donors (Lipinski definition) is 0. The summed E-state index contributed by atoms with van der Waals surface area (Å²) in [6.45, 7) is 0. The topological polar surface area (TPSA) is 23.8 Å². The number of benzene rings is 3. The van der Waals surface area contributed by atoms with Crippen molar-refractivity contribution >= 4 is 23.5 Å². The van der Waals surface area contributed by atoms with Gasteiger partial charge in [-0.3, -0.25) is 0 Å². The van der Waals surface area contributed by atoms with Crippen LogP contribution in [0.25, 0.3) is 22.3 Å². The van der Waals surface area contributed by atoms with E-state index in [0.29, 0.717) is 5.56 Å². The predicted octanol–water partition coefficient (Wildman–Crippen LogP) is 6.75. The van der Waals surface area contributed by atoms with E-state index in [-0.39, 0.29) is 11.1 Å². The second kappa shape index (κ2) is 8.12. The van der Waals surface area contributed by atoms with Gasteiger partial charge in [-0.15, -0.1) is 23.5 Å². The average Bonchev–Trinajstić information content (AvgIpc) is 2.71. The van der Waals surface area contributed by atoms with Gasteiger partial charge in [-0.05, 0) is 47.9 Å². The summed E-state index contributed by atoms with van der Waals surface area (Å²) < 4.78 is 44.5. The summed E-state index contributed by atoms with van der Waals surface area (Å²) in [5.74, 6) is -3.64. The molecule has 0 radical (unpaired) electrons. The van der Waals surface area contributed by atoms with Crippen LogP contribution in [0.4, 0.5) is 13.2 Å². The highest BCUT2D eigenvalue weighted by Crippen LogP contribution is 2.38. The first kappa shape index (κ1) is 19.4. The van der Waals surface area contributed by atoms with Gasteiger partial charge in [-0.1, -0.05) is 24.3 Å². The zero-order chi connectivity index (χ0) is 19.6. The second-order valence-corrected chi connectivity index (χ2v) is 7.40. The molecule has 0 aliphatic rings. The third-order valence-corrected chi connectivity index (χ3v) is 5.68. The molecule has 0 spiro atoms. The van der Waals surface area contributed by atoms with Crippen molar-refractivity contribution in [3.8, 4) is 28.3 Å². The summed E-state index contributed by atoms with van der Waals surface area (Å²) >= 11 is 2.99. The lowest BCUT2D eigenvalue weighted by atomic mass is 9.93. The summed E-state index contributed by atoms with van der Waals surface area (Å²) in [6, 6.07) is 14.8. The van der Waals surface area contributed by atoms with Crippen molar-refractivity contribution < 1.29 is 13.2 Å². The number of nitrogens with zero attached hydrogens (tertiary/aromatic N) is 1. The van der Waals surface area contributed by atoms with E-state index in [1.165, 1.54) is 23.5 Å². The van der Waals surface area contributed by atoms with Gasteiger partial charge >= 0.3 is 0 Å². The van der Waals surface area contributed by atoms with Gasteiger partial charge < -0.3 is 0 Å². The standard InChI is InChI=1S/C21H14F3NS2/c1-26-14-7-3-12(4-8-14)17-16(11-25)19(22)21(24)18(20(17)23)13-5-9-15(27-2)10-6-13/h3-10H,1-2H3. The summed E-state index contributed by atoms with van der Waals surface area (Å²) in [5.41, 5.74) is -0.793. The number of halogens is 3. The molecular weight excluding hydrogens is 387 g/mol. The second-order valence-electron chi connectivity index (χ2n) is 5.64. The molecule has 3 rings (SSSR count). The zero-order valence-electron chi connectivity index (χ0n) is 14.5. The molecule has 0 atom stereocenters. The lowest BCUT2D eigenvalue weighted by Crippen LogP contribution is -2.03. The normalized spacial score (nSPS) is 10.7. The van der Waals surface area contributed by atoms with E-state index < -0.39 is 28.6 Å². The Balaban J connectivity index is 2.29. The Morgan fingerprint density at radius 2 is 1.11 bits per heavy atom. The van der Waals surface area contributed by atoms with Crippen LogP contribution < -0.4 is 0 Å². The fourth-order valence-corrected chi connectivity index (χ4v) is 3.62. The lowest BCUT2D eigenvalue weighted by Gasteiger charge is -2.14. The molecule has 0 unspecified atom stereocenters. The maximum Gasteiger partial charge on any atom is 0.178 e. The van der Waals surface area contributed by atoms with Crippen LogP contribution in [-0.2, 0) is 0 Å². The van der Waals surface area contributed by atoms with Gasteiger partial charge in [-0.25, -0.2) is 13.2 Å². The molecule has 0 heterocycles. The SMILES string of the molecule is CSc1ccc(-c2c(F)c(F)c(C#N)c(-c3ccc(SC)cc3)c2F)cc1. The number of nitriles is 1. The number of thioether (sulfide) groups is 2. The molecule has 3 aromatic rings. The van der Waals surface area contributed by atoms with Crippen LogP contribution in [0.3, 0.4) is 0 Å². The first-order valence-corrected chi connectivity index (χ1v) is 10.4. The van der Waals surface area contributed by atoms with E-state index in [0.717, 1.165) is 9.79 Å². The average molecular weight is 401 g/mol. The van der Waals surface area contributed by atoms with Crippen LogP contribution in [0.15, 0.2) is 58.3 Å². The fourth-order valence-electron chi connectivity index (χ4n) is 2.81. The smallest absolute Gasteiger partial charge is 0.178 e. The maximum atomic E-state index is 15.3. The minimum atomic E-state index is -1.36. The van der Waals surface area contributed by atoms with E-state index in [2.05, 4.69) is 0 Å². The minimum absolute atomic E-state index is 0.216. The highest BCUT2D eigenvalue weighted by molar-refractivity contribution is 7.98. The van der Waals surface area contributed by atoms with Gasteiger partial charge in [0.05, 0.1) is 5.56 Å². The van der Waals surface area contributed by atoms with Crippen LogP contribution in [0.1, 0.15) is 5.56 Å². The molecule has 0 saturated carbocycles. The summed E-state index contributed by atoms with van der Waals surface area (Å²) in [6.07, 6.45) is 3.78. The van der Waals surface area contributed by atoms with Crippen LogP contribution in [0.2, 0.25) is 0 Å². The first-order chi connectivity index (χ1) is 13.0. The Morgan fingerprint density at radius 3 is 1.52 bits per heavy atom. The van der Waals surface area contributed by atoms with Gasteiger partial charge in [0.1, 0.15) is 17.4 Å². The predicted molar refractivity (Wildman–Crippen MR) is 105 cm³/mol. The first-order valence-electron chi connectivity index (χ1n) is 7.91. The molecule has 0 aliphatic heterocycles. The molecule has 0 aliphatic carbocycles. The molecule has 0 N–H and O–H groups in total. The number of hydrogen-bond acceptors (Lipinski definition) is 3. The van der Waals surface area contributed by atoms with Gasteiger partial charge in [-0.2, -0.15) is 5.26 Å². The lowest BCUT2D eigenvalue weighted by molar-refractivity contribution is 0.497. The molecule has 3 aromatic carbocycles. The Morgan fingerprint density at radius 1 is 0.667 bits per heavy atom. The molecule has 0 aromatic heterocycles. The van der Waals surface area contributed by atoms with Crippen molar-refractivity contribution in [2.75, 3.05) is 12.5 Å². The van der Waals surface area contributed by atoms with Crippen LogP contribution in [0.5, 0.6) is 0 Å². The third kappa shape index (κ3) is 3.58. The Kier molecular flexibility index (Phi) is 5.83. The monoisotopic (exact) mass is 401 g/mol. The summed E-state index contributed by atoms with van der Waals surface area (Å²) in [4.78, 5) is 1.86. The molecule has 0 fully saturated rings. The van der Waals surface area contributed by atoms with Gasteiger partial charge in [0.15, 0.2) is 11.6 Å². The quantitative estimate of drug-likeness (QED) is 0.357. The highest BCUT2D eigenvalue weighted by Gasteiger charge is 2.26. The van der Waals surface area contributed by atoms with Crippen molar-refractivity contribution in [2.24, 2.45) is 0 Å². The van der Waals surface area contributed by atoms with Crippen LogP contribution in [-0.4, -0.2) is 12.5 Å². The Hall–Kier alpha value is -2.36. The largest absolute Gasteiger partial charge is 0.205 e.